The van der Waals surface area contributed by atoms with Crippen molar-refractivity contribution in [1.29, 1.82) is 0 Å². The molecule has 2 aromatic rings. The predicted octanol–water partition coefficient (Wildman–Crippen LogP) is 3.83. The van der Waals surface area contributed by atoms with Crippen molar-refractivity contribution >= 4 is 5.97 Å². The molecule has 0 aliphatic carbocycles. The van der Waals surface area contributed by atoms with Gasteiger partial charge in [0.05, 0.1) is 21.3 Å². The largest absolute Gasteiger partial charge is 0.493 e. The van der Waals surface area contributed by atoms with E-state index in [9.17, 15) is 4.79 Å². The first-order valence-corrected chi connectivity index (χ1v) is 9.27. The molecule has 0 fully saturated rings. The van der Waals surface area contributed by atoms with Crippen LogP contribution >= 0.6 is 0 Å². The molecular formula is C22H28O6. The first-order valence-electron chi connectivity index (χ1n) is 9.27. The molecule has 0 bridgehead atoms. The van der Waals surface area contributed by atoms with Gasteiger partial charge in [-0.2, -0.15) is 0 Å². The lowest BCUT2D eigenvalue weighted by Crippen LogP contribution is -2.12. The molecule has 6 nitrogen and oxygen atoms in total. The minimum Gasteiger partial charge on any atom is -0.493 e. The highest BCUT2D eigenvalue weighted by molar-refractivity contribution is 5.70. The number of hydrogen-bond donors (Lipinski definition) is 0. The second kappa shape index (κ2) is 11.1. The molecule has 0 spiro atoms. The van der Waals surface area contributed by atoms with Crippen LogP contribution in [0.1, 0.15) is 24.5 Å². The van der Waals surface area contributed by atoms with Crippen molar-refractivity contribution in [1.82, 2.24) is 0 Å². The van der Waals surface area contributed by atoms with Gasteiger partial charge < -0.3 is 23.7 Å². The van der Waals surface area contributed by atoms with Gasteiger partial charge in [0.15, 0.2) is 11.5 Å². The second-order valence-electron chi connectivity index (χ2n) is 6.10. The number of rotatable bonds is 11. The van der Waals surface area contributed by atoms with E-state index < -0.39 is 0 Å². The first kappa shape index (κ1) is 21.4. The normalized spacial score (nSPS) is 10.3. The molecule has 0 heterocycles. The fourth-order valence-corrected chi connectivity index (χ4v) is 2.77. The van der Waals surface area contributed by atoms with E-state index in [1.165, 1.54) is 5.56 Å². The molecule has 0 atom stereocenters. The van der Waals surface area contributed by atoms with E-state index in [4.69, 9.17) is 23.7 Å². The number of carbonyl (C=O) groups excluding carboxylic acids is 1. The van der Waals surface area contributed by atoms with Gasteiger partial charge in [-0.1, -0.05) is 19.1 Å². The summed E-state index contributed by atoms with van der Waals surface area (Å²) in [6, 6.07) is 11.6. The van der Waals surface area contributed by atoms with Gasteiger partial charge in [-0.15, -0.1) is 0 Å². The quantitative estimate of drug-likeness (QED) is 0.431. The number of aryl methyl sites for hydroxylation is 2. The van der Waals surface area contributed by atoms with Gasteiger partial charge in [-0.25, -0.2) is 0 Å². The number of hydrogen-bond acceptors (Lipinski definition) is 6. The average molecular weight is 388 g/mol. The van der Waals surface area contributed by atoms with Crippen molar-refractivity contribution in [3.8, 4) is 23.0 Å². The lowest BCUT2D eigenvalue weighted by Gasteiger charge is -2.14. The van der Waals surface area contributed by atoms with Crippen LogP contribution in [-0.2, 0) is 22.4 Å². The highest BCUT2D eigenvalue weighted by Gasteiger charge is 2.14. The second-order valence-corrected chi connectivity index (χ2v) is 6.10. The van der Waals surface area contributed by atoms with Crippen molar-refractivity contribution < 1.29 is 28.5 Å². The topological polar surface area (TPSA) is 63.2 Å². The molecular weight excluding hydrogens is 360 g/mol. The number of benzene rings is 2. The van der Waals surface area contributed by atoms with Gasteiger partial charge >= 0.3 is 5.97 Å². The Morgan fingerprint density at radius 2 is 1.61 bits per heavy atom. The predicted molar refractivity (Wildman–Crippen MR) is 107 cm³/mol. The average Bonchev–Trinajstić information content (AvgIpc) is 2.74. The van der Waals surface area contributed by atoms with Crippen molar-refractivity contribution in [2.24, 2.45) is 0 Å². The molecule has 152 valence electrons. The number of esters is 1. The molecule has 0 saturated carbocycles. The molecule has 0 aromatic heterocycles. The van der Waals surface area contributed by atoms with Crippen molar-refractivity contribution in [2.75, 3.05) is 34.5 Å². The molecule has 0 unspecified atom stereocenters. The summed E-state index contributed by atoms with van der Waals surface area (Å²) in [5, 5.41) is 0. The van der Waals surface area contributed by atoms with Crippen LogP contribution in [-0.4, -0.2) is 40.5 Å². The summed E-state index contributed by atoms with van der Waals surface area (Å²) in [5.41, 5.74) is 2.11. The Kier molecular flexibility index (Phi) is 8.46. The summed E-state index contributed by atoms with van der Waals surface area (Å²) < 4.78 is 26.8. The lowest BCUT2D eigenvalue weighted by molar-refractivity contribution is -0.144. The zero-order valence-electron chi connectivity index (χ0n) is 16.9. The molecule has 0 saturated heterocycles. The van der Waals surface area contributed by atoms with Gasteiger partial charge in [-0.05, 0) is 48.2 Å². The van der Waals surface area contributed by atoms with E-state index in [1.807, 2.05) is 30.3 Å². The van der Waals surface area contributed by atoms with Crippen LogP contribution < -0.4 is 18.9 Å². The molecule has 0 amide bonds. The van der Waals surface area contributed by atoms with Crippen molar-refractivity contribution in [3.05, 3.63) is 47.5 Å². The molecule has 0 radical (unpaired) electrons. The highest BCUT2D eigenvalue weighted by Crippen LogP contribution is 2.38. The summed E-state index contributed by atoms with van der Waals surface area (Å²) in [5.74, 6) is 2.16. The van der Waals surface area contributed by atoms with E-state index in [1.54, 1.807) is 21.3 Å². The maximum atomic E-state index is 12.0. The van der Waals surface area contributed by atoms with Crippen LogP contribution in [0, 0.1) is 0 Å². The Bertz CT molecular complexity index is 746. The third kappa shape index (κ3) is 6.08. The van der Waals surface area contributed by atoms with Crippen LogP contribution in [0.5, 0.6) is 23.0 Å². The zero-order valence-corrected chi connectivity index (χ0v) is 16.9. The fraction of sp³-hybridized carbons (Fsp3) is 0.409. The highest BCUT2D eigenvalue weighted by atomic mass is 16.6. The van der Waals surface area contributed by atoms with Gasteiger partial charge in [0, 0.05) is 6.42 Å². The van der Waals surface area contributed by atoms with Gasteiger partial charge in [0.25, 0.3) is 0 Å². The van der Waals surface area contributed by atoms with Gasteiger partial charge in [-0.3, -0.25) is 4.79 Å². The molecule has 2 rings (SSSR count). The van der Waals surface area contributed by atoms with Crippen LogP contribution in [0.3, 0.4) is 0 Å². The summed E-state index contributed by atoms with van der Waals surface area (Å²) in [6.45, 7) is 2.63. The number of methoxy groups -OCH3 is 3. The number of ether oxygens (including phenoxy) is 5. The Hall–Kier alpha value is -2.89. The molecule has 28 heavy (non-hydrogen) atoms. The van der Waals surface area contributed by atoms with Crippen LogP contribution in [0.15, 0.2) is 36.4 Å². The van der Waals surface area contributed by atoms with Gasteiger partial charge in [0.1, 0.15) is 19.0 Å². The Morgan fingerprint density at radius 3 is 2.21 bits per heavy atom. The standard InChI is InChI=1S/C22H28O6/c1-5-16-7-6-8-18(13-16)27-11-12-28-21(23)10-9-17-14-19(24-2)22(26-4)20(15-17)25-3/h6-8,13-15H,5,9-12H2,1-4H3. The maximum Gasteiger partial charge on any atom is 0.306 e. The van der Waals surface area contributed by atoms with Crippen LogP contribution in [0.4, 0.5) is 0 Å². The molecule has 0 aliphatic rings. The summed E-state index contributed by atoms with van der Waals surface area (Å²) in [6.07, 6.45) is 1.71. The monoisotopic (exact) mass is 388 g/mol. The van der Waals surface area contributed by atoms with E-state index >= 15 is 0 Å². The van der Waals surface area contributed by atoms with E-state index in [2.05, 4.69) is 13.0 Å². The molecule has 0 N–H and O–H groups in total. The van der Waals surface area contributed by atoms with Crippen molar-refractivity contribution in [3.63, 3.8) is 0 Å². The SMILES string of the molecule is CCc1cccc(OCCOC(=O)CCc2cc(OC)c(OC)c(OC)c2)c1. The maximum absolute atomic E-state index is 12.0. The minimum absolute atomic E-state index is 0.213. The molecule has 6 heteroatoms. The Labute approximate surface area is 166 Å². The number of carbonyl (C=O) groups is 1. The van der Waals surface area contributed by atoms with Gasteiger partial charge in [0.2, 0.25) is 5.75 Å². The third-order valence-corrected chi connectivity index (χ3v) is 4.26. The Balaban J connectivity index is 1.79. The zero-order chi connectivity index (χ0) is 20.4. The van der Waals surface area contributed by atoms with E-state index in [0.29, 0.717) is 30.3 Å². The Morgan fingerprint density at radius 1 is 0.893 bits per heavy atom. The van der Waals surface area contributed by atoms with E-state index in [0.717, 1.165) is 17.7 Å². The molecule has 2 aromatic carbocycles. The summed E-state index contributed by atoms with van der Waals surface area (Å²) >= 11 is 0. The van der Waals surface area contributed by atoms with Crippen molar-refractivity contribution in [2.45, 2.75) is 26.2 Å². The van der Waals surface area contributed by atoms with Crippen LogP contribution in [0.2, 0.25) is 0 Å². The fourth-order valence-electron chi connectivity index (χ4n) is 2.77. The smallest absolute Gasteiger partial charge is 0.306 e. The minimum atomic E-state index is -0.278. The third-order valence-electron chi connectivity index (χ3n) is 4.26. The summed E-state index contributed by atoms with van der Waals surface area (Å²) in [4.78, 5) is 12.0. The summed E-state index contributed by atoms with van der Waals surface area (Å²) in [7, 11) is 4.68. The van der Waals surface area contributed by atoms with Crippen LogP contribution in [0.25, 0.3) is 0 Å². The first-order chi connectivity index (χ1) is 13.6. The molecule has 0 aliphatic heterocycles. The lowest BCUT2D eigenvalue weighted by atomic mass is 10.1. The van der Waals surface area contributed by atoms with E-state index in [-0.39, 0.29) is 19.0 Å².